The van der Waals surface area contributed by atoms with Gasteiger partial charge in [-0.15, -0.1) is 11.3 Å². The van der Waals surface area contributed by atoms with Crippen LogP contribution in [-0.2, 0) is 4.79 Å². The maximum absolute atomic E-state index is 13.2. The largest absolute Gasteiger partial charge is 0.481 e. The summed E-state index contributed by atoms with van der Waals surface area (Å²) in [4.78, 5) is 36.4. The van der Waals surface area contributed by atoms with Gasteiger partial charge in [-0.25, -0.2) is 4.98 Å². The molecule has 2 amide bonds. The summed E-state index contributed by atoms with van der Waals surface area (Å²) < 4.78 is 5.15. The van der Waals surface area contributed by atoms with Crippen molar-refractivity contribution in [2.75, 3.05) is 17.7 Å². The molecule has 0 radical (unpaired) electrons. The summed E-state index contributed by atoms with van der Waals surface area (Å²) in [5.41, 5.74) is 2.27. The molecule has 0 spiro atoms. The third-order valence-corrected chi connectivity index (χ3v) is 8.05. The zero-order valence-corrected chi connectivity index (χ0v) is 22.8. The number of halogens is 1. The molecule has 0 aliphatic heterocycles. The molecular formula is C27H32ClN5O3S. The molecule has 0 unspecified atom stereocenters. The molecule has 3 aromatic heterocycles. The second-order valence-electron chi connectivity index (χ2n) is 9.34. The lowest BCUT2D eigenvalue weighted by atomic mass is 9.97. The van der Waals surface area contributed by atoms with Gasteiger partial charge in [-0.3, -0.25) is 14.6 Å². The SMILES string of the molecule is COc1cc(NC(=O)[C@H](CC2CCCC2)NC(=O)c2ccc([C@H](C)Nc3cc(Cl)cnc3C)s2)ccn1. The summed E-state index contributed by atoms with van der Waals surface area (Å²) in [6, 6.07) is 8.23. The van der Waals surface area contributed by atoms with Crippen molar-refractivity contribution in [3.63, 3.8) is 0 Å². The first-order valence-electron chi connectivity index (χ1n) is 12.4. The van der Waals surface area contributed by atoms with E-state index in [0.29, 0.717) is 33.8 Å². The second-order valence-corrected chi connectivity index (χ2v) is 10.9. The van der Waals surface area contributed by atoms with Crippen LogP contribution >= 0.6 is 22.9 Å². The minimum Gasteiger partial charge on any atom is -0.481 e. The van der Waals surface area contributed by atoms with E-state index in [-0.39, 0.29) is 17.9 Å². The van der Waals surface area contributed by atoms with E-state index in [4.69, 9.17) is 16.3 Å². The molecule has 4 rings (SSSR count). The van der Waals surface area contributed by atoms with Crippen LogP contribution in [0.2, 0.25) is 5.02 Å². The molecule has 37 heavy (non-hydrogen) atoms. The molecule has 1 saturated carbocycles. The van der Waals surface area contributed by atoms with E-state index in [1.807, 2.05) is 26.0 Å². The van der Waals surface area contributed by atoms with Crippen molar-refractivity contribution in [2.24, 2.45) is 5.92 Å². The zero-order chi connectivity index (χ0) is 26.4. The fraction of sp³-hybridized carbons (Fsp3) is 0.407. The average Bonchev–Trinajstić information content (AvgIpc) is 3.58. The van der Waals surface area contributed by atoms with Gasteiger partial charge >= 0.3 is 0 Å². The number of hydrogen-bond donors (Lipinski definition) is 3. The van der Waals surface area contributed by atoms with Crippen molar-refractivity contribution in [3.8, 4) is 5.88 Å². The summed E-state index contributed by atoms with van der Waals surface area (Å²) >= 11 is 7.50. The first-order valence-corrected chi connectivity index (χ1v) is 13.6. The van der Waals surface area contributed by atoms with Crippen LogP contribution in [0.15, 0.2) is 42.7 Å². The molecule has 196 valence electrons. The van der Waals surface area contributed by atoms with Crippen molar-refractivity contribution in [2.45, 2.75) is 58.0 Å². The third-order valence-electron chi connectivity index (χ3n) is 6.58. The number of ether oxygens (including phenoxy) is 1. The van der Waals surface area contributed by atoms with Crippen LogP contribution in [0.4, 0.5) is 11.4 Å². The Morgan fingerprint density at radius 2 is 1.97 bits per heavy atom. The van der Waals surface area contributed by atoms with E-state index in [2.05, 4.69) is 25.9 Å². The lowest BCUT2D eigenvalue weighted by molar-refractivity contribution is -0.118. The maximum Gasteiger partial charge on any atom is 0.262 e. The lowest BCUT2D eigenvalue weighted by Gasteiger charge is -2.21. The number of pyridine rings is 2. The number of aromatic nitrogens is 2. The summed E-state index contributed by atoms with van der Waals surface area (Å²) in [6.45, 7) is 3.93. The number of rotatable bonds is 10. The van der Waals surface area contributed by atoms with Gasteiger partial charge in [0, 0.05) is 29.0 Å². The predicted octanol–water partition coefficient (Wildman–Crippen LogP) is 6.00. The highest BCUT2D eigenvalue weighted by atomic mass is 35.5. The Labute approximate surface area is 226 Å². The van der Waals surface area contributed by atoms with Crippen LogP contribution in [0.5, 0.6) is 5.88 Å². The van der Waals surface area contributed by atoms with Crippen molar-refractivity contribution in [1.82, 2.24) is 15.3 Å². The van der Waals surface area contributed by atoms with E-state index in [0.717, 1.165) is 41.9 Å². The molecule has 10 heteroatoms. The molecule has 3 heterocycles. The number of carbonyl (C=O) groups excluding carboxylic acids is 2. The molecule has 0 aromatic carbocycles. The molecular weight excluding hydrogens is 510 g/mol. The van der Waals surface area contributed by atoms with Gasteiger partial charge in [-0.2, -0.15) is 0 Å². The number of amides is 2. The number of methoxy groups -OCH3 is 1. The quantitative estimate of drug-likeness (QED) is 0.291. The third kappa shape index (κ3) is 7.20. The fourth-order valence-electron chi connectivity index (χ4n) is 4.53. The van der Waals surface area contributed by atoms with Gasteiger partial charge in [-0.05, 0) is 50.5 Å². The normalized spacial score (nSPS) is 15.1. The fourth-order valence-corrected chi connectivity index (χ4v) is 5.61. The first kappa shape index (κ1) is 26.9. The van der Waals surface area contributed by atoms with Crippen LogP contribution < -0.4 is 20.7 Å². The summed E-state index contributed by atoms with van der Waals surface area (Å²) in [6.07, 6.45) is 8.27. The van der Waals surface area contributed by atoms with Crippen LogP contribution in [0.25, 0.3) is 0 Å². The molecule has 3 N–H and O–H groups in total. The van der Waals surface area contributed by atoms with Crippen LogP contribution in [-0.4, -0.2) is 34.9 Å². The van der Waals surface area contributed by atoms with Crippen molar-refractivity contribution in [3.05, 3.63) is 63.2 Å². The first-order chi connectivity index (χ1) is 17.8. The van der Waals surface area contributed by atoms with E-state index in [1.165, 1.54) is 18.4 Å². The Bertz CT molecular complexity index is 1240. The van der Waals surface area contributed by atoms with Crippen LogP contribution in [0, 0.1) is 12.8 Å². The van der Waals surface area contributed by atoms with Gasteiger partial charge in [-0.1, -0.05) is 37.3 Å². The maximum atomic E-state index is 13.2. The Morgan fingerprint density at radius 1 is 1.19 bits per heavy atom. The summed E-state index contributed by atoms with van der Waals surface area (Å²) in [5, 5.41) is 9.88. The average molecular weight is 542 g/mol. The van der Waals surface area contributed by atoms with Gasteiger partial charge in [0.05, 0.1) is 34.4 Å². The lowest BCUT2D eigenvalue weighted by Crippen LogP contribution is -2.44. The topological polar surface area (TPSA) is 105 Å². The van der Waals surface area contributed by atoms with Crippen molar-refractivity contribution < 1.29 is 14.3 Å². The summed E-state index contributed by atoms with van der Waals surface area (Å²) in [7, 11) is 1.52. The van der Waals surface area contributed by atoms with Crippen molar-refractivity contribution in [1.29, 1.82) is 0 Å². The molecule has 0 saturated heterocycles. The van der Waals surface area contributed by atoms with Crippen LogP contribution in [0.3, 0.4) is 0 Å². The molecule has 1 aliphatic carbocycles. The number of nitrogens with zero attached hydrogens (tertiary/aromatic N) is 2. The van der Waals surface area contributed by atoms with Gasteiger partial charge in [0.1, 0.15) is 6.04 Å². The Balaban J connectivity index is 1.44. The Hall–Kier alpha value is -3.17. The smallest absolute Gasteiger partial charge is 0.262 e. The summed E-state index contributed by atoms with van der Waals surface area (Å²) in [5.74, 6) is 0.325. The van der Waals surface area contributed by atoms with Gasteiger partial charge in [0.2, 0.25) is 11.8 Å². The standard InChI is InChI=1S/C27H32ClN5O3S/c1-16-21(13-19(28)15-30-16)31-17(2)23-8-9-24(37-23)27(35)33-22(12-18-6-4-5-7-18)26(34)32-20-10-11-29-25(14-20)36-3/h8-11,13-15,17-18,22,31H,4-7,12H2,1-3H3,(H,33,35)(H,29,32,34)/t17-,22-/m0/s1. The Kier molecular flexibility index (Phi) is 9.00. The number of carbonyl (C=O) groups is 2. The number of thiophene rings is 1. The Morgan fingerprint density at radius 3 is 2.73 bits per heavy atom. The molecule has 3 aromatic rings. The number of aryl methyl sites for hydroxylation is 1. The van der Waals surface area contributed by atoms with E-state index >= 15 is 0 Å². The van der Waals surface area contributed by atoms with Gasteiger partial charge in [0.25, 0.3) is 5.91 Å². The van der Waals surface area contributed by atoms with E-state index < -0.39 is 6.04 Å². The minimum absolute atomic E-state index is 0.0511. The van der Waals surface area contributed by atoms with Gasteiger partial charge in [0.15, 0.2) is 0 Å². The number of hydrogen-bond acceptors (Lipinski definition) is 7. The molecule has 8 nitrogen and oxygen atoms in total. The molecule has 0 bridgehead atoms. The minimum atomic E-state index is -0.643. The zero-order valence-electron chi connectivity index (χ0n) is 21.2. The molecule has 1 fully saturated rings. The highest BCUT2D eigenvalue weighted by molar-refractivity contribution is 7.14. The molecule has 2 atom stereocenters. The number of nitrogens with one attached hydrogen (secondary N) is 3. The second kappa shape index (κ2) is 12.4. The van der Waals surface area contributed by atoms with E-state index in [1.54, 1.807) is 30.6 Å². The number of anilines is 2. The van der Waals surface area contributed by atoms with Gasteiger partial charge < -0.3 is 20.7 Å². The van der Waals surface area contributed by atoms with Crippen molar-refractivity contribution >= 4 is 46.1 Å². The monoisotopic (exact) mass is 541 g/mol. The highest BCUT2D eigenvalue weighted by Crippen LogP contribution is 2.30. The van der Waals surface area contributed by atoms with Crippen LogP contribution in [0.1, 0.15) is 65.3 Å². The molecule has 1 aliphatic rings. The van der Waals surface area contributed by atoms with E-state index in [9.17, 15) is 9.59 Å². The predicted molar refractivity (Wildman–Crippen MR) is 148 cm³/mol. The highest BCUT2D eigenvalue weighted by Gasteiger charge is 2.28.